The van der Waals surface area contributed by atoms with Crippen molar-refractivity contribution >= 4 is 114 Å². The highest BCUT2D eigenvalue weighted by Gasteiger charge is 2.42. The van der Waals surface area contributed by atoms with Crippen LogP contribution in [0.3, 0.4) is 0 Å². The summed E-state index contributed by atoms with van der Waals surface area (Å²) >= 11 is 7.17. The van der Waals surface area contributed by atoms with E-state index in [0.29, 0.717) is 54.3 Å². The minimum atomic E-state index is -4.84. The smallest absolute Gasteiger partial charge is 0.497 e. The maximum absolute atomic E-state index is 12.6. The molecular formula is C56H34F6N8O8S6. The molecule has 0 fully saturated rings. The molecule has 6 aromatic carbocycles. The van der Waals surface area contributed by atoms with E-state index in [2.05, 4.69) is 26.9 Å². The first-order chi connectivity index (χ1) is 40.2. The molecule has 4 aromatic heterocycles. The summed E-state index contributed by atoms with van der Waals surface area (Å²) in [6.45, 7) is 0. The van der Waals surface area contributed by atoms with Crippen LogP contribution < -0.4 is 30.4 Å². The average Bonchev–Trinajstić information content (AvgIpc) is 4.49. The number of ether oxygens (including phenoxy) is 4. The molecule has 12 rings (SSSR count). The van der Waals surface area contributed by atoms with Gasteiger partial charge in [0.25, 0.3) is 0 Å². The van der Waals surface area contributed by atoms with Crippen LogP contribution in [-0.4, -0.2) is 36.8 Å². The van der Waals surface area contributed by atoms with Crippen molar-refractivity contribution in [2.75, 3.05) is 25.7 Å². The van der Waals surface area contributed by atoms with E-state index in [4.69, 9.17) is 20.9 Å². The topological polar surface area (TPSA) is 225 Å². The van der Waals surface area contributed by atoms with Crippen LogP contribution in [0, 0.1) is 20.2 Å². The molecule has 16 nitrogen and oxygen atoms in total. The predicted molar refractivity (Wildman–Crippen MR) is 320 cm³/mol. The van der Waals surface area contributed by atoms with E-state index in [-0.39, 0.29) is 28.3 Å². The van der Waals surface area contributed by atoms with Gasteiger partial charge >= 0.3 is 24.1 Å². The van der Waals surface area contributed by atoms with E-state index in [1.54, 1.807) is 74.1 Å². The van der Waals surface area contributed by atoms with Crippen LogP contribution in [0.4, 0.5) is 71.8 Å². The van der Waals surface area contributed by atoms with Crippen LogP contribution in [0.2, 0.25) is 0 Å². The van der Waals surface area contributed by atoms with Gasteiger partial charge in [-0.1, -0.05) is 0 Å². The largest absolute Gasteiger partial charge is 0.573 e. The average molecular weight is 1250 g/mol. The number of halogens is 6. The van der Waals surface area contributed by atoms with Gasteiger partial charge in [-0.3, -0.25) is 20.2 Å². The Morgan fingerprint density at radius 1 is 0.381 bits per heavy atom. The third kappa shape index (κ3) is 11.5. The fourth-order valence-corrected chi connectivity index (χ4v) is 14.4. The summed E-state index contributed by atoms with van der Waals surface area (Å²) in [6, 6.07) is 40.3. The number of nitrogens with two attached hydrogens (primary N) is 2. The Morgan fingerprint density at radius 3 is 0.869 bits per heavy atom. The van der Waals surface area contributed by atoms with Gasteiger partial charge in [-0.15, -0.1) is 71.7 Å². The first-order valence-electron chi connectivity index (χ1n) is 24.1. The Morgan fingerprint density at radius 2 is 0.619 bits per heavy atom. The molecule has 4 N–H and O–H groups in total. The van der Waals surface area contributed by atoms with E-state index in [1.165, 1.54) is 46.9 Å². The number of alkyl halides is 6. The second-order valence-corrected chi connectivity index (χ2v) is 23.1. The van der Waals surface area contributed by atoms with Gasteiger partial charge < -0.3 is 30.4 Å². The van der Waals surface area contributed by atoms with Gasteiger partial charge in [-0.2, -0.15) is 17.5 Å². The number of hydrogen-bond donors (Lipinski definition) is 2. The molecule has 84 heavy (non-hydrogen) atoms. The number of rotatable bonds is 14. The molecule has 0 atom stereocenters. The second kappa shape index (κ2) is 22.9. The number of nitro benzene ring substituents is 2. The lowest BCUT2D eigenvalue weighted by atomic mass is 9.98. The van der Waals surface area contributed by atoms with Crippen molar-refractivity contribution in [2.45, 2.75) is 12.7 Å². The van der Waals surface area contributed by atoms with Crippen LogP contribution in [0.15, 0.2) is 163 Å². The molecule has 0 bridgehead atoms. The van der Waals surface area contributed by atoms with Gasteiger partial charge in [0.2, 0.25) is 0 Å². The van der Waals surface area contributed by atoms with E-state index >= 15 is 0 Å². The third-order valence-electron chi connectivity index (χ3n) is 12.7. The maximum Gasteiger partial charge on any atom is 0.573 e. The van der Waals surface area contributed by atoms with Crippen molar-refractivity contribution < 1.29 is 55.1 Å². The van der Waals surface area contributed by atoms with Crippen molar-refractivity contribution in [1.29, 1.82) is 0 Å². The fourth-order valence-electron chi connectivity index (χ4n) is 9.00. The third-order valence-corrected chi connectivity index (χ3v) is 18.4. The molecule has 0 saturated heterocycles. The molecular weight excluding hydrogens is 1220 g/mol. The number of thiophene rings is 4. The lowest BCUT2D eigenvalue weighted by Gasteiger charge is -2.15. The zero-order valence-electron chi connectivity index (χ0n) is 42.7. The number of benzene rings is 6. The van der Waals surface area contributed by atoms with Gasteiger partial charge in [0.15, 0.2) is 0 Å². The summed E-state index contributed by atoms with van der Waals surface area (Å²) < 4.78 is 111. The molecule has 6 heterocycles. The summed E-state index contributed by atoms with van der Waals surface area (Å²) in [5, 5.41) is 25.1. The Hall–Kier alpha value is -9.06. The minimum Gasteiger partial charge on any atom is -0.497 e. The number of nitrogens with zero attached hydrogens (tertiary/aromatic N) is 6. The predicted octanol–water partition coefficient (Wildman–Crippen LogP) is 19.2. The van der Waals surface area contributed by atoms with Crippen LogP contribution in [0.25, 0.3) is 83.5 Å². The van der Waals surface area contributed by atoms with Crippen molar-refractivity contribution in [3.63, 3.8) is 0 Å². The molecule has 28 heteroatoms. The summed E-state index contributed by atoms with van der Waals surface area (Å²) in [5.74, 6) is 0.762. The highest BCUT2D eigenvalue weighted by Crippen LogP contribution is 2.60. The fraction of sp³-hybridized carbons (Fsp3) is 0.0714. The second-order valence-electron chi connectivity index (χ2n) is 17.7. The summed E-state index contributed by atoms with van der Waals surface area (Å²) in [4.78, 5) is 29.2. The van der Waals surface area contributed by atoms with Gasteiger partial charge in [-0.25, -0.2) is 0 Å². The van der Waals surface area contributed by atoms with Crippen molar-refractivity contribution in [3.05, 3.63) is 166 Å². The van der Waals surface area contributed by atoms with E-state index in [0.717, 1.165) is 98.6 Å². The molecule has 0 spiro atoms. The molecule has 0 radical (unpaired) electrons. The molecule has 2 aliphatic rings. The number of nitro groups is 2. The summed E-state index contributed by atoms with van der Waals surface area (Å²) in [6.07, 6.45) is -9.58. The normalized spacial score (nSPS) is 12.2. The highest BCUT2D eigenvalue weighted by atomic mass is 32.1. The minimum absolute atomic E-state index is 0.00371. The SMILES string of the molecule is COc1ccc(-c2ccc(-c3c(N)c(N)c(-c4ccc(-c5ccc(OC(F)(F)F)cc5)s4)c4c3N=S=N4)s2)cc1.COc1ccc(-c2ccc(-c3c4c(c(-c5ccc(-c6ccc(OC(F)(F)F)cc6)s5)c([N+](=O)[O-])c3[N+](=O)[O-])N=S=N4)s2)cc1. The quantitative estimate of drug-likeness (QED) is 0.0453. The van der Waals surface area contributed by atoms with E-state index < -0.39 is 39.7 Å². The molecule has 0 unspecified atom stereocenters. The van der Waals surface area contributed by atoms with Gasteiger partial charge in [0.1, 0.15) is 56.9 Å². The van der Waals surface area contributed by atoms with Crippen LogP contribution >= 0.6 is 45.3 Å². The van der Waals surface area contributed by atoms with Crippen LogP contribution in [0.5, 0.6) is 23.0 Å². The zero-order valence-corrected chi connectivity index (χ0v) is 47.6. The molecule has 0 saturated carbocycles. The van der Waals surface area contributed by atoms with Crippen molar-refractivity contribution in [2.24, 2.45) is 17.5 Å². The number of nitrogen functional groups attached to an aromatic ring is 2. The van der Waals surface area contributed by atoms with Gasteiger partial charge in [0, 0.05) is 50.1 Å². The standard InChI is InChI=1S/C28H15F3N4O6S3.C28H19F3N4O2S3/c1-40-16-6-2-14(3-7-16)18-10-12-20(42-18)22-24-25(33-44-32-24)23(27(35(38)39)26(22)34(36)37)21-13-11-19(43-21)15-4-8-17(9-5-15)41-28(29,30)31;1-36-16-6-2-14(3-7-16)18-10-12-20(38-18)22-24(32)25(33)23(27-26(22)34-40-35-27)21-13-11-19(39-21)15-4-8-17(9-5-15)37-28(29,30)31/h2-13H,1H3;2-13H,32-33H2,1H3. The van der Waals surface area contributed by atoms with E-state index in [9.17, 15) is 46.6 Å². The zero-order chi connectivity index (χ0) is 59.2. The Kier molecular flexibility index (Phi) is 15.5. The van der Waals surface area contributed by atoms with E-state index in [1.807, 2.05) is 60.7 Å². The molecule has 10 aromatic rings. The molecule has 0 aliphatic carbocycles. The molecule has 424 valence electrons. The van der Waals surface area contributed by atoms with Crippen LogP contribution in [-0.2, 0) is 22.7 Å². The monoisotopic (exact) mass is 1250 g/mol. The van der Waals surface area contributed by atoms with Crippen molar-refractivity contribution in [3.8, 4) is 107 Å². The number of fused-ring (bicyclic) bond motifs is 2. The first-order valence-corrected chi connectivity index (χ1v) is 28.8. The first kappa shape index (κ1) is 56.8. The molecule has 2 aliphatic heterocycles. The number of anilines is 2. The Bertz CT molecular complexity index is 4380. The Balaban J connectivity index is 0.000000176. The number of hydrogen-bond acceptors (Lipinski definition) is 18. The number of methoxy groups -OCH3 is 2. The van der Waals surface area contributed by atoms with Crippen LogP contribution in [0.1, 0.15) is 0 Å². The highest BCUT2D eigenvalue weighted by molar-refractivity contribution is 7.58. The lowest BCUT2D eigenvalue weighted by molar-refractivity contribution is -0.421. The van der Waals surface area contributed by atoms with Gasteiger partial charge in [0.05, 0.1) is 58.2 Å². The van der Waals surface area contributed by atoms with Gasteiger partial charge in [-0.05, 0) is 168 Å². The molecule has 0 amide bonds. The lowest BCUT2D eigenvalue weighted by Crippen LogP contribution is -2.16. The summed E-state index contributed by atoms with van der Waals surface area (Å²) in [7, 11) is 3.18. The Labute approximate surface area is 493 Å². The maximum atomic E-state index is 12.6. The summed E-state index contributed by atoms with van der Waals surface area (Å²) in [5.41, 5.74) is 18.8. The van der Waals surface area contributed by atoms with Crippen molar-refractivity contribution in [1.82, 2.24) is 0 Å².